The fraction of sp³-hybridized carbons (Fsp3) is 0.311. The van der Waals surface area contributed by atoms with Crippen molar-refractivity contribution in [1.29, 1.82) is 0 Å². The molecule has 4 aromatic carbocycles. The number of amides is 2. The molecule has 17 heteroatoms. The smallest absolute Gasteiger partial charge is 0.489 e. The van der Waals surface area contributed by atoms with Crippen molar-refractivity contribution in [3.8, 4) is 28.5 Å². The van der Waals surface area contributed by atoms with Gasteiger partial charge in [0.2, 0.25) is 5.91 Å². The first-order valence-electron chi connectivity index (χ1n) is 19.7. The Morgan fingerprint density at radius 2 is 1.65 bits per heavy atom. The summed E-state index contributed by atoms with van der Waals surface area (Å²) in [7, 11) is 0. The molecule has 0 saturated heterocycles. The van der Waals surface area contributed by atoms with Crippen molar-refractivity contribution < 1.29 is 54.9 Å². The first-order valence-corrected chi connectivity index (χ1v) is 20.5. The zero-order valence-corrected chi connectivity index (χ0v) is 35.4. The molecule has 0 atom stereocenters. The van der Waals surface area contributed by atoms with Gasteiger partial charge in [0.1, 0.15) is 24.0 Å². The molecule has 0 bridgehead atoms. The predicted molar refractivity (Wildman–Crippen MR) is 223 cm³/mol. The highest BCUT2D eigenvalue weighted by atomic mass is 79.9. The summed E-state index contributed by atoms with van der Waals surface area (Å²) in [6, 6.07) is 22.7. The minimum absolute atomic E-state index is 0.0981. The van der Waals surface area contributed by atoms with E-state index in [0.29, 0.717) is 66.5 Å². The minimum Gasteiger partial charge on any atom is -0.489 e. The number of carbonyl (C=O) groups excluding carboxylic acids is 2. The van der Waals surface area contributed by atoms with E-state index in [1.165, 1.54) is 18.2 Å². The number of ether oxygens (including phenoxy) is 4. The van der Waals surface area contributed by atoms with E-state index < -0.39 is 29.3 Å². The van der Waals surface area contributed by atoms with Crippen molar-refractivity contribution >= 4 is 33.6 Å². The van der Waals surface area contributed by atoms with Gasteiger partial charge in [0, 0.05) is 40.8 Å². The van der Waals surface area contributed by atoms with E-state index in [9.17, 15) is 35.9 Å². The maximum atomic E-state index is 13.7. The highest BCUT2D eigenvalue weighted by molar-refractivity contribution is 9.10. The van der Waals surface area contributed by atoms with Crippen molar-refractivity contribution in [2.24, 2.45) is 0 Å². The molecule has 62 heavy (non-hydrogen) atoms. The van der Waals surface area contributed by atoms with E-state index in [2.05, 4.69) is 46.3 Å². The molecule has 328 valence electrons. The lowest BCUT2D eigenvalue weighted by Crippen LogP contribution is -2.28. The summed E-state index contributed by atoms with van der Waals surface area (Å²) in [4.78, 5) is 31.2. The van der Waals surface area contributed by atoms with Crippen LogP contribution in [0.3, 0.4) is 0 Å². The van der Waals surface area contributed by atoms with Crippen molar-refractivity contribution in [2.45, 2.75) is 64.7 Å². The predicted octanol–water partition coefficient (Wildman–Crippen LogP) is 10.1. The molecule has 3 N–H and O–H groups in total. The second kappa shape index (κ2) is 19.6. The monoisotopic (exact) mass is 928 g/mol. The zero-order valence-electron chi connectivity index (χ0n) is 33.9. The van der Waals surface area contributed by atoms with E-state index in [0.717, 1.165) is 27.7 Å². The number of aromatic nitrogens is 1. The molecule has 0 radical (unpaired) electrons. The van der Waals surface area contributed by atoms with Crippen LogP contribution in [0, 0.1) is 12.7 Å². The van der Waals surface area contributed by atoms with Gasteiger partial charge in [-0.1, -0.05) is 60.1 Å². The first kappa shape index (κ1) is 45.9. The van der Waals surface area contributed by atoms with Gasteiger partial charge in [-0.15, -0.1) is 8.78 Å². The Kier molecular flexibility index (Phi) is 14.5. The molecular formula is C45H43BrF6N4O6. The van der Waals surface area contributed by atoms with Gasteiger partial charge < -0.3 is 34.9 Å². The third-order valence-electron chi connectivity index (χ3n) is 9.90. The van der Waals surface area contributed by atoms with Crippen LogP contribution in [0.25, 0.3) is 11.3 Å². The number of hydrogen-bond acceptors (Lipinski definition) is 8. The molecule has 1 aromatic heterocycles. The number of rotatable bonds is 16. The maximum absolute atomic E-state index is 13.7. The lowest BCUT2D eigenvalue weighted by molar-refractivity contribution is -0.286. The number of pyridine rings is 1. The molecule has 2 amide bonds. The molecule has 2 aliphatic rings. The highest BCUT2D eigenvalue weighted by Crippen LogP contribution is 2.52. The van der Waals surface area contributed by atoms with Crippen molar-refractivity contribution in [3.63, 3.8) is 0 Å². The van der Waals surface area contributed by atoms with E-state index >= 15 is 0 Å². The number of aryl methyl sites for hydroxylation is 1. The van der Waals surface area contributed by atoms with Crippen LogP contribution in [-0.4, -0.2) is 49.4 Å². The normalized spacial score (nSPS) is 14.4. The number of hydrogen-bond donors (Lipinski definition) is 3. The Hall–Kier alpha value is -5.65. The third-order valence-corrected chi connectivity index (χ3v) is 10.4. The minimum atomic E-state index is -4.82. The SMILES string of the molecule is CC.Cc1ccc(NC(=O)C2(c3ccc4c(c3)OC(F)(F)O4)CC2)nc1-c1cccc(C(=O)NCCOCCNCc2cc(Br)ccc2OCc2ccc(F)c(C(F)(F)F)c2)c1. The zero-order chi connectivity index (χ0) is 44.7. The number of carbonyl (C=O) groups is 2. The molecule has 1 saturated carbocycles. The molecule has 0 spiro atoms. The van der Waals surface area contributed by atoms with Gasteiger partial charge >= 0.3 is 12.5 Å². The molecule has 1 aliphatic carbocycles. The number of nitrogens with one attached hydrogen (secondary N) is 3. The second-order valence-electron chi connectivity index (χ2n) is 14.2. The molecule has 1 aliphatic heterocycles. The van der Waals surface area contributed by atoms with Crippen LogP contribution >= 0.6 is 15.9 Å². The molecule has 5 aromatic rings. The number of fused-ring (bicyclic) bond motifs is 1. The topological polar surface area (TPSA) is 120 Å². The van der Waals surface area contributed by atoms with Gasteiger partial charge in [0.05, 0.1) is 29.9 Å². The van der Waals surface area contributed by atoms with E-state index in [-0.39, 0.29) is 48.6 Å². The van der Waals surface area contributed by atoms with Crippen LogP contribution in [0.4, 0.5) is 32.2 Å². The fourth-order valence-corrected chi connectivity index (χ4v) is 7.04. The van der Waals surface area contributed by atoms with Crippen LogP contribution in [0.5, 0.6) is 17.2 Å². The average molecular weight is 930 g/mol. The van der Waals surface area contributed by atoms with Gasteiger partial charge in [0.15, 0.2) is 11.5 Å². The summed E-state index contributed by atoms with van der Waals surface area (Å²) in [6.45, 7) is 7.26. The van der Waals surface area contributed by atoms with Gasteiger partial charge in [-0.05, 0) is 97.1 Å². The van der Waals surface area contributed by atoms with E-state index in [1.54, 1.807) is 54.6 Å². The maximum Gasteiger partial charge on any atom is 0.586 e. The Morgan fingerprint density at radius 3 is 2.40 bits per heavy atom. The first-order chi connectivity index (χ1) is 29.6. The Labute approximate surface area is 362 Å². The Balaban J connectivity index is 0.00000316. The summed E-state index contributed by atoms with van der Waals surface area (Å²) in [5, 5.41) is 8.93. The molecule has 0 unspecified atom stereocenters. The summed E-state index contributed by atoms with van der Waals surface area (Å²) in [5.41, 5.74) is 1.58. The molecule has 2 heterocycles. The summed E-state index contributed by atoms with van der Waals surface area (Å²) >= 11 is 3.42. The van der Waals surface area contributed by atoms with Gasteiger partial charge in [0.25, 0.3) is 5.91 Å². The standard InChI is InChI=1S/C43H37BrF6N4O6.C2H6/c1-25-5-12-37(54-40(56)41(13-14-41)30-7-10-35-36(22-30)60-43(49,50)59-35)53-38(25)27-3-2-4-28(20-27)39(55)52-16-18-57-17-15-51-23-29-21-31(44)8-11-34(29)58-24-26-6-9-33(45)32(19-26)42(46,47)48;1-2/h2-12,19-22,51H,13-18,23-24H2,1H3,(H,52,55)(H,53,54,56);1-2H3. The summed E-state index contributed by atoms with van der Waals surface area (Å²) < 4.78 is 102. The fourth-order valence-electron chi connectivity index (χ4n) is 6.63. The molecule has 7 rings (SSSR count). The average Bonchev–Trinajstić information content (AvgIpc) is 3.99. The van der Waals surface area contributed by atoms with Crippen LogP contribution < -0.4 is 30.2 Å². The summed E-state index contributed by atoms with van der Waals surface area (Å²) in [6.07, 6.45) is -7.55. The lowest BCUT2D eigenvalue weighted by Gasteiger charge is -2.17. The Bertz CT molecular complexity index is 2410. The van der Waals surface area contributed by atoms with Crippen molar-refractivity contribution in [3.05, 3.63) is 135 Å². The summed E-state index contributed by atoms with van der Waals surface area (Å²) in [5.74, 6) is -1.49. The Morgan fingerprint density at radius 1 is 0.887 bits per heavy atom. The molecule has 10 nitrogen and oxygen atoms in total. The van der Waals surface area contributed by atoms with Gasteiger partial charge in [-0.3, -0.25) is 9.59 Å². The number of alkyl halides is 5. The van der Waals surface area contributed by atoms with Crippen molar-refractivity contribution in [2.75, 3.05) is 31.6 Å². The van der Waals surface area contributed by atoms with E-state index in [1.807, 2.05) is 26.8 Å². The highest BCUT2D eigenvalue weighted by Gasteiger charge is 2.53. The number of benzene rings is 4. The van der Waals surface area contributed by atoms with E-state index in [4.69, 9.17) is 9.47 Å². The molecular weight excluding hydrogens is 886 g/mol. The quantitative estimate of drug-likeness (QED) is 0.0661. The number of nitrogens with zero attached hydrogens (tertiary/aromatic N) is 1. The second-order valence-corrected chi connectivity index (χ2v) is 15.1. The van der Waals surface area contributed by atoms with Gasteiger partial charge in [-0.2, -0.15) is 13.2 Å². The number of halogens is 7. The lowest BCUT2D eigenvalue weighted by atomic mass is 9.94. The van der Waals surface area contributed by atoms with Crippen molar-refractivity contribution in [1.82, 2.24) is 15.6 Å². The van der Waals surface area contributed by atoms with Crippen LogP contribution in [0.15, 0.2) is 95.5 Å². The largest absolute Gasteiger partial charge is 0.586 e. The number of anilines is 1. The third kappa shape index (κ3) is 11.2. The van der Waals surface area contributed by atoms with Gasteiger partial charge in [-0.25, -0.2) is 9.37 Å². The molecule has 1 fully saturated rings. The van der Waals surface area contributed by atoms with Crippen LogP contribution in [0.1, 0.15) is 64.9 Å². The van der Waals surface area contributed by atoms with Crippen LogP contribution in [-0.2, 0) is 34.3 Å². The van der Waals surface area contributed by atoms with Crippen LogP contribution in [0.2, 0.25) is 0 Å².